The second kappa shape index (κ2) is 7.15. The Balaban J connectivity index is 2.13. The van der Waals surface area contributed by atoms with Crippen molar-refractivity contribution in [3.63, 3.8) is 0 Å². The maximum atomic E-state index is 13.2. The highest BCUT2D eigenvalue weighted by atomic mass is 19.4. The van der Waals surface area contributed by atoms with Crippen molar-refractivity contribution >= 4 is 23.2 Å². The molecule has 138 valence electrons. The number of rotatable bonds is 4. The predicted octanol–water partition coefficient (Wildman–Crippen LogP) is 4.45. The van der Waals surface area contributed by atoms with E-state index < -0.39 is 34.8 Å². The molecule has 2 amide bonds. The molecule has 8 heteroatoms. The van der Waals surface area contributed by atoms with Gasteiger partial charge in [0.15, 0.2) is 0 Å². The Morgan fingerprint density at radius 3 is 1.85 bits per heavy atom. The molecule has 0 spiro atoms. The Hall–Kier alpha value is -2.90. The average molecular weight is 368 g/mol. The second-order valence-corrected chi connectivity index (χ2v) is 6.12. The third-order valence-electron chi connectivity index (χ3n) is 3.67. The fraction of sp³-hybridized carbons (Fsp3) is 0.222. The molecule has 0 heterocycles. The Morgan fingerprint density at radius 2 is 1.35 bits per heavy atom. The van der Waals surface area contributed by atoms with E-state index in [-0.39, 0.29) is 11.4 Å². The van der Waals surface area contributed by atoms with E-state index in [1.807, 2.05) is 0 Å². The van der Waals surface area contributed by atoms with Crippen LogP contribution in [0.2, 0.25) is 0 Å². The lowest BCUT2D eigenvalue weighted by atomic mass is 9.90. The summed E-state index contributed by atoms with van der Waals surface area (Å²) < 4.78 is 51.4. The zero-order valence-corrected chi connectivity index (χ0v) is 13.9. The molecule has 0 aliphatic carbocycles. The van der Waals surface area contributed by atoms with Gasteiger partial charge >= 0.3 is 6.18 Å². The fourth-order valence-electron chi connectivity index (χ4n) is 2.02. The minimum Gasteiger partial charge on any atom is -0.325 e. The summed E-state index contributed by atoms with van der Waals surface area (Å²) in [6, 6.07) is 9.20. The summed E-state index contributed by atoms with van der Waals surface area (Å²) in [4.78, 5) is 24.7. The molecule has 0 saturated carbocycles. The van der Waals surface area contributed by atoms with Crippen LogP contribution < -0.4 is 10.6 Å². The normalized spacial score (nSPS) is 11.8. The number of halogens is 4. The molecular weight excluding hydrogens is 352 g/mol. The van der Waals surface area contributed by atoms with Crippen molar-refractivity contribution in [3.8, 4) is 0 Å². The highest BCUT2D eigenvalue weighted by molar-refractivity contribution is 6.14. The highest BCUT2D eigenvalue weighted by Gasteiger charge is 2.37. The van der Waals surface area contributed by atoms with Crippen molar-refractivity contribution in [2.45, 2.75) is 20.0 Å². The van der Waals surface area contributed by atoms with E-state index in [4.69, 9.17) is 0 Å². The number of benzene rings is 2. The van der Waals surface area contributed by atoms with E-state index in [9.17, 15) is 27.2 Å². The maximum absolute atomic E-state index is 13.2. The molecular formula is C18H16F4N2O2. The average Bonchev–Trinajstić information content (AvgIpc) is 2.54. The lowest BCUT2D eigenvalue weighted by molar-refractivity contribution is -0.138. The van der Waals surface area contributed by atoms with Gasteiger partial charge in [0.2, 0.25) is 11.8 Å². The maximum Gasteiger partial charge on any atom is 0.416 e. The SMILES string of the molecule is CC(C)(C(=O)Nc1cccc(F)c1)C(=O)Nc1cccc(C(F)(F)F)c1. The van der Waals surface area contributed by atoms with Crippen molar-refractivity contribution < 1.29 is 27.2 Å². The summed E-state index contributed by atoms with van der Waals surface area (Å²) in [7, 11) is 0. The number of hydrogen-bond donors (Lipinski definition) is 2. The van der Waals surface area contributed by atoms with Gasteiger partial charge in [0, 0.05) is 11.4 Å². The molecule has 2 N–H and O–H groups in total. The van der Waals surface area contributed by atoms with Crippen LogP contribution in [0.5, 0.6) is 0 Å². The van der Waals surface area contributed by atoms with Gasteiger partial charge in [-0.25, -0.2) is 4.39 Å². The van der Waals surface area contributed by atoms with E-state index >= 15 is 0 Å². The minimum absolute atomic E-state index is 0.0866. The van der Waals surface area contributed by atoms with Crippen LogP contribution in [0.15, 0.2) is 48.5 Å². The summed E-state index contributed by atoms with van der Waals surface area (Å²) in [5.74, 6) is -2.09. The summed E-state index contributed by atoms with van der Waals surface area (Å²) in [6.45, 7) is 2.62. The van der Waals surface area contributed by atoms with Crippen molar-refractivity contribution in [1.82, 2.24) is 0 Å². The number of carbonyl (C=O) groups excluding carboxylic acids is 2. The third-order valence-corrected chi connectivity index (χ3v) is 3.67. The van der Waals surface area contributed by atoms with Crippen LogP contribution in [-0.4, -0.2) is 11.8 Å². The Bertz CT molecular complexity index is 832. The highest BCUT2D eigenvalue weighted by Crippen LogP contribution is 2.31. The molecule has 0 aromatic heterocycles. The number of anilines is 2. The lowest BCUT2D eigenvalue weighted by Gasteiger charge is -2.23. The summed E-state index contributed by atoms with van der Waals surface area (Å²) in [5.41, 5.74) is -2.45. The summed E-state index contributed by atoms with van der Waals surface area (Å²) in [5, 5.41) is 4.70. The largest absolute Gasteiger partial charge is 0.416 e. The van der Waals surface area contributed by atoms with Gasteiger partial charge in [0.1, 0.15) is 11.2 Å². The zero-order valence-electron chi connectivity index (χ0n) is 13.9. The molecule has 0 atom stereocenters. The van der Waals surface area contributed by atoms with E-state index in [0.717, 1.165) is 24.3 Å². The predicted molar refractivity (Wildman–Crippen MR) is 88.9 cm³/mol. The smallest absolute Gasteiger partial charge is 0.325 e. The van der Waals surface area contributed by atoms with Crippen LogP contribution >= 0.6 is 0 Å². The van der Waals surface area contributed by atoms with Crippen molar-refractivity contribution in [2.24, 2.45) is 5.41 Å². The van der Waals surface area contributed by atoms with Crippen molar-refractivity contribution in [2.75, 3.05) is 10.6 Å². The molecule has 0 bridgehead atoms. The summed E-state index contributed by atoms with van der Waals surface area (Å²) >= 11 is 0. The van der Waals surface area contributed by atoms with Gasteiger partial charge < -0.3 is 10.6 Å². The molecule has 26 heavy (non-hydrogen) atoms. The van der Waals surface area contributed by atoms with Crippen LogP contribution in [-0.2, 0) is 15.8 Å². The van der Waals surface area contributed by atoms with Crippen LogP contribution in [0.1, 0.15) is 19.4 Å². The number of hydrogen-bond acceptors (Lipinski definition) is 2. The quantitative estimate of drug-likeness (QED) is 0.619. The molecule has 0 aliphatic rings. The summed E-state index contributed by atoms with van der Waals surface area (Å²) in [6.07, 6.45) is -4.55. The molecule has 0 unspecified atom stereocenters. The van der Waals surface area contributed by atoms with Gasteiger partial charge in [0.05, 0.1) is 5.56 Å². The van der Waals surface area contributed by atoms with Gasteiger partial charge in [-0.2, -0.15) is 13.2 Å². The molecule has 2 aromatic carbocycles. The molecule has 0 aliphatic heterocycles. The molecule has 0 saturated heterocycles. The number of alkyl halides is 3. The van der Waals surface area contributed by atoms with Gasteiger partial charge in [-0.05, 0) is 50.2 Å². The first-order valence-electron chi connectivity index (χ1n) is 7.56. The third kappa shape index (κ3) is 4.59. The first-order valence-corrected chi connectivity index (χ1v) is 7.56. The molecule has 0 fully saturated rings. The van der Waals surface area contributed by atoms with Crippen LogP contribution in [0.4, 0.5) is 28.9 Å². The van der Waals surface area contributed by atoms with Crippen LogP contribution in [0, 0.1) is 11.2 Å². The molecule has 0 radical (unpaired) electrons. The standard InChI is InChI=1S/C18H16F4N2O2/c1-17(2,16(26)24-14-8-4-6-12(19)10-14)15(25)23-13-7-3-5-11(9-13)18(20,21)22/h3-10H,1-2H3,(H,23,25)(H,24,26). The lowest BCUT2D eigenvalue weighted by Crippen LogP contribution is -2.41. The Morgan fingerprint density at radius 1 is 0.846 bits per heavy atom. The molecule has 2 aromatic rings. The van der Waals surface area contributed by atoms with E-state index in [2.05, 4.69) is 10.6 Å². The Kier molecular flexibility index (Phi) is 5.34. The van der Waals surface area contributed by atoms with Crippen LogP contribution in [0.3, 0.4) is 0 Å². The monoisotopic (exact) mass is 368 g/mol. The van der Waals surface area contributed by atoms with E-state index in [0.29, 0.717) is 0 Å². The zero-order chi connectivity index (χ0) is 19.5. The molecule has 2 rings (SSSR count). The van der Waals surface area contributed by atoms with Crippen molar-refractivity contribution in [1.29, 1.82) is 0 Å². The fourth-order valence-corrected chi connectivity index (χ4v) is 2.02. The van der Waals surface area contributed by atoms with Gasteiger partial charge in [-0.1, -0.05) is 12.1 Å². The number of nitrogens with one attached hydrogen (secondary N) is 2. The number of carbonyl (C=O) groups is 2. The van der Waals surface area contributed by atoms with Gasteiger partial charge in [-0.3, -0.25) is 9.59 Å². The van der Waals surface area contributed by atoms with Gasteiger partial charge in [-0.15, -0.1) is 0 Å². The second-order valence-electron chi connectivity index (χ2n) is 6.12. The van der Waals surface area contributed by atoms with Gasteiger partial charge in [0.25, 0.3) is 0 Å². The number of amides is 2. The first kappa shape index (κ1) is 19.4. The Labute approximate surface area is 147 Å². The minimum atomic E-state index is -4.55. The van der Waals surface area contributed by atoms with E-state index in [1.54, 1.807) is 0 Å². The van der Waals surface area contributed by atoms with Crippen LogP contribution in [0.25, 0.3) is 0 Å². The molecule has 4 nitrogen and oxygen atoms in total. The first-order chi connectivity index (χ1) is 12.0. The topological polar surface area (TPSA) is 58.2 Å². The van der Waals surface area contributed by atoms with Crippen molar-refractivity contribution in [3.05, 3.63) is 59.9 Å². The van der Waals surface area contributed by atoms with E-state index in [1.165, 1.54) is 38.1 Å².